The van der Waals surface area contributed by atoms with Crippen LogP contribution in [0.1, 0.15) is 5.76 Å². The van der Waals surface area contributed by atoms with Gasteiger partial charge in [-0.05, 0) is 12.1 Å². The highest BCUT2D eigenvalue weighted by molar-refractivity contribution is 5.75. The van der Waals surface area contributed by atoms with Crippen molar-refractivity contribution in [2.45, 2.75) is 13.1 Å². The number of rotatable bonds is 5. The fraction of sp³-hybridized carbons (Fsp3) is 0.231. The Balaban J connectivity index is 2.10. The van der Waals surface area contributed by atoms with Crippen LogP contribution >= 0.6 is 0 Å². The Morgan fingerprint density at radius 1 is 1.43 bits per heavy atom. The van der Waals surface area contributed by atoms with Crippen molar-refractivity contribution in [3.8, 4) is 0 Å². The molecule has 0 N–H and O–H groups in total. The predicted octanol–water partition coefficient (Wildman–Crippen LogP) is 1.01. The Kier molecular flexibility index (Phi) is 4.17. The SMILES string of the molecule is CN(Cc1ccco1)C(=O)Cn1cc([N+](=O)[O-])ccc1=O. The summed E-state index contributed by atoms with van der Waals surface area (Å²) in [6.07, 6.45) is 2.56. The van der Waals surface area contributed by atoms with Gasteiger partial charge in [-0.25, -0.2) is 0 Å². The molecule has 0 aliphatic rings. The molecule has 0 aliphatic heterocycles. The standard InChI is InChI=1S/C13H13N3O5/c1-14(8-11-3-2-6-21-11)13(18)9-15-7-10(16(19)20)4-5-12(15)17/h2-7H,8-9H2,1H3. The van der Waals surface area contributed by atoms with Crippen molar-refractivity contribution in [3.63, 3.8) is 0 Å². The lowest BCUT2D eigenvalue weighted by Gasteiger charge is -2.16. The summed E-state index contributed by atoms with van der Waals surface area (Å²) in [5.74, 6) is 0.256. The lowest BCUT2D eigenvalue weighted by molar-refractivity contribution is -0.385. The first-order valence-electron chi connectivity index (χ1n) is 6.08. The third-order valence-electron chi connectivity index (χ3n) is 2.88. The summed E-state index contributed by atoms with van der Waals surface area (Å²) in [7, 11) is 1.56. The first-order chi connectivity index (χ1) is 9.97. The topological polar surface area (TPSA) is 98.6 Å². The van der Waals surface area contributed by atoms with Crippen LogP contribution in [0.2, 0.25) is 0 Å². The number of aromatic nitrogens is 1. The van der Waals surface area contributed by atoms with Crippen LogP contribution in [-0.2, 0) is 17.9 Å². The van der Waals surface area contributed by atoms with E-state index in [9.17, 15) is 19.7 Å². The number of hydrogen-bond donors (Lipinski definition) is 0. The highest BCUT2D eigenvalue weighted by Gasteiger charge is 2.14. The third kappa shape index (κ3) is 3.56. The van der Waals surface area contributed by atoms with E-state index in [1.807, 2.05) is 0 Å². The molecule has 0 unspecified atom stereocenters. The molecule has 1 amide bonds. The molecule has 2 aromatic heterocycles. The maximum Gasteiger partial charge on any atom is 0.285 e. The monoisotopic (exact) mass is 291 g/mol. The first-order valence-corrected chi connectivity index (χ1v) is 6.08. The number of carbonyl (C=O) groups is 1. The maximum absolute atomic E-state index is 12.0. The molecule has 2 heterocycles. The largest absolute Gasteiger partial charge is 0.467 e. The molecule has 0 aromatic carbocycles. The van der Waals surface area contributed by atoms with E-state index in [1.165, 1.54) is 11.2 Å². The van der Waals surface area contributed by atoms with Crippen LogP contribution in [0.5, 0.6) is 0 Å². The molecule has 0 aliphatic carbocycles. The van der Waals surface area contributed by atoms with Gasteiger partial charge in [0.1, 0.15) is 12.3 Å². The van der Waals surface area contributed by atoms with Gasteiger partial charge in [-0.3, -0.25) is 24.3 Å². The van der Waals surface area contributed by atoms with Gasteiger partial charge >= 0.3 is 0 Å². The summed E-state index contributed by atoms with van der Waals surface area (Å²) >= 11 is 0. The van der Waals surface area contributed by atoms with Crippen LogP contribution < -0.4 is 5.56 Å². The summed E-state index contributed by atoms with van der Waals surface area (Å²) < 4.78 is 6.14. The smallest absolute Gasteiger partial charge is 0.285 e. The van der Waals surface area contributed by atoms with Crippen molar-refractivity contribution >= 4 is 11.6 Å². The molecule has 0 saturated carbocycles. The average molecular weight is 291 g/mol. The molecule has 2 rings (SSSR count). The number of carbonyl (C=O) groups excluding carboxylic acids is 1. The Morgan fingerprint density at radius 2 is 2.19 bits per heavy atom. The Labute approximate surface area is 119 Å². The molecule has 21 heavy (non-hydrogen) atoms. The van der Waals surface area contributed by atoms with Crippen molar-refractivity contribution < 1.29 is 14.1 Å². The number of pyridine rings is 1. The summed E-state index contributed by atoms with van der Waals surface area (Å²) in [5.41, 5.74) is -0.712. The lowest BCUT2D eigenvalue weighted by Crippen LogP contribution is -2.33. The number of nitrogens with zero attached hydrogens (tertiary/aromatic N) is 3. The fourth-order valence-electron chi connectivity index (χ4n) is 1.74. The summed E-state index contributed by atoms with van der Waals surface area (Å²) in [5, 5.41) is 10.7. The second-order valence-corrected chi connectivity index (χ2v) is 4.44. The molecule has 0 atom stereocenters. The van der Waals surface area contributed by atoms with Gasteiger partial charge in [0.05, 0.1) is 23.9 Å². The molecular weight excluding hydrogens is 278 g/mol. The molecule has 110 valence electrons. The number of hydrogen-bond acceptors (Lipinski definition) is 5. The molecule has 0 radical (unpaired) electrons. The van der Waals surface area contributed by atoms with Gasteiger partial charge in [-0.1, -0.05) is 0 Å². The van der Waals surface area contributed by atoms with Crippen molar-refractivity contribution in [3.05, 3.63) is 63.0 Å². The zero-order chi connectivity index (χ0) is 15.4. The molecule has 0 bridgehead atoms. The second-order valence-electron chi connectivity index (χ2n) is 4.44. The number of furan rings is 1. The van der Waals surface area contributed by atoms with Crippen molar-refractivity contribution in [1.82, 2.24) is 9.47 Å². The number of amides is 1. The third-order valence-corrected chi connectivity index (χ3v) is 2.88. The summed E-state index contributed by atoms with van der Waals surface area (Å²) in [6.45, 7) is -0.00671. The van der Waals surface area contributed by atoms with E-state index >= 15 is 0 Å². The fourth-order valence-corrected chi connectivity index (χ4v) is 1.74. The van der Waals surface area contributed by atoms with Crippen molar-refractivity contribution in [2.75, 3.05) is 7.05 Å². The van der Waals surface area contributed by atoms with Crippen LogP contribution in [-0.4, -0.2) is 27.3 Å². The molecule has 8 nitrogen and oxygen atoms in total. The van der Waals surface area contributed by atoms with Gasteiger partial charge in [0.15, 0.2) is 0 Å². The van der Waals surface area contributed by atoms with E-state index in [-0.39, 0.29) is 24.7 Å². The van der Waals surface area contributed by atoms with E-state index in [2.05, 4.69) is 0 Å². The number of likely N-dealkylation sites (N-methyl/N-ethyl adjacent to an activating group) is 1. The normalized spacial score (nSPS) is 10.3. The highest BCUT2D eigenvalue weighted by atomic mass is 16.6. The summed E-state index contributed by atoms with van der Waals surface area (Å²) in [6, 6.07) is 5.61. The molecule has 2 aromatic rings. The van der Waals surface area contributed by atoms with Gasteiger partial charge in [-0.15, -0.1) is 0 Å². The van der Waals surface area contributed by atoms with Crippen LogP contribution in [0.15, 0.2) is 45.9 Å². The molecule has 0 saturated heterocycles. The summed E-state index contributed by atoms with van der Waals surface area (Å²) in [4.78, 5) is 35.1. The lowest BCUT2D eigenvalue weighted by atomic mass is 10.3. The van der Waals surface area contributed by atoms with E-state index in [4.69, 9.17) is 4.42 Å². The van der Waals surface area contributed by atoms with Crippen LogP contribution in [0.3, 0.4) is 0 Å². The Morgan fingerprint density at radius 3 is 2.81 bits per heavy atom. The van der Waals surface area contributed by atoms with E-state index in [1.54, 1.807) is 19.2 Å². The van der Waals surface area contributed by atoms with Gasteiger partial charge in [0, 0.05) is 19.2 Å². The maximum atomic E-state index is 12.0. The molecule has 0 spiro atoms. The number of nitro groups is 1. The molecular formula is C13H13N3O5. The van der Waals surface area contributed by atoms with Gasteiger partial charge in [0.25, 0.3) is 11.2 Å². The minimum absolute atomic E-state index is 0.240. The van der Waals surface area contributed by atoms with E-state index in [0.717, 1.165) is 22.9 Å². The average Bonchev–Trinajstić information content (AvgIpc) is 2.93. The van der Waals surface area contributed by atoms with Crippen LogP contribution in [0, 0.1) is 10.1 Å². The quantitative estimate of drug-likeness (QED) is 0.604. The van der Waals surface area contributed by atoms with E-state index in [0.29, 0.717) is 5.76 Å². The minimum atomic E-state index is -0.618. The second kappa shape index (κ2) is 6.04. The van der Waals surface area contributed by atoms with Crippen LogP contribution in [0.25, 0.3) is 0 Å². The van der Waals surface area contributed by atoms with E-state index < -0.39 is 10.5 Å². The Bertz CT molecular complexity index is 705. The first kappa shape index (κ1) is 14.5. The van der Waals surface area contributed by atoms with Gasteiger partial charge < -0.3 is 9.32 Å². The zero-order valence-electron chi connectivity index (χ0n) is 11.3. The van der Waals surface area contributed by atoms with Crippen molar-refractivity contribution in [1.29, 1.82) is 0 Å². The van der Waals surface area contributed by atoms with Gasteiger partial charge in [-0.2, -0.15) is 0 Å². The highest BCUT2D eigenvalue weighted by Crippen LogP contribution is 2.08. The molecule has 8 heteroatoms. The van der Waals surface area contributed by atoms with Gasteiger partial charge in [0.2, 0.25) is 5.91 Å². The van der Waals surface area contributed by atoms with Crippen LogP contribution in [0.4, 0.5) is 5.69 Å². The Hall–Kier alpha value is -2.90. The predicted molar refractivity (Wildman–Crippen MR) is 72.5 cm³/mol. The van der Waals surface area contributed by atoms with Crippen molar-refractivity contribution in [2.24, 2.45) is 0 Å². The minimum Gasteiger partial charge on any atom is -0.467 e. The molecule has 0 fully saturated rings. The zero-order valence-corrected chi connectivity index (χ0v) is 11.3.